The number of nitrogen functional groups attached to an aromatic ring is 1. The maximum Gasteiger partial charge on any atom is 0.150 e. The molecule has 3 atom stereocenters. The van der Waals surface area contributed by atoms with Crippen molar-refractivity contribution in [3.05, 3.63) is 24.3 Å². The van der Waals surface area contributed by atoms with E-state index in [1.54, 1.807) is 24.3 Å². The molecule has 0 aliphatic heterocycles. The summed E-state index contributed by atoms with van der Waals surface area (Å²) in [5.74, 6) is 0. The van der Waals surface area contributed by atoms with Gasteiger partial charge in [-0.05, 0) is 43.5 Å². The number of sulfone groups is 1. The van der Waals surface area contributed by atoms with Crippen LogP contribution in [0.25, 0.3) is 0 Å². The van der Waals surface area contributed by atoms with E-state index >= 15 is 0 Å². The van der Waals surface area contributed by atoms with Crippen LogP contribution in [0.3, 0.4) is 0 Å². The van der Waals surface area contributed by atoms with Crippen molar-refractivity contribution >= 4 is 26.3 Å². The van der Waals surface area contributed by atoms with Crippen LogP contribution in [0.15, 0.2) is 29.2 Å². The summed E-state index contributed by atoms with van der Waals surface area (Å²) in [7, 11) is -4.19. The van der Waals surface area contributed by atoms with Crippen LogP contribution in [0.5, 0.6) is 0 Å². The molecule has 0 spiro atoms. The number of hydrogen-bond acceptors (Lipinski definition) is 4. The summed E-state index contributed by atoms with van der Waals surface area (Å²) in [5, 5.41) is -0.416. The highest BCUT2D eigenvalue weighted by atomic mass is 32.2. The highest BCUT2D eigenvalue weighted by Crippen LogP contribution is 2.29. The summed E-state index contributed by atoms with van der Waals surface area (Å²) in [5.41, 5.74) is 6.24. The van der Waals surface area contributed by atoms with Crippen molar-refractivity contribution in [3.8, 4) is 0 Å². The molecule has 2 rings (SSSR count). The van der Waals surface area contributed by atoms with E-state index in [1.165, 1.54) is 6.26 Å². The standard InChI is InChI=1S/C13H19NO3S2/c1-19(16,17)13-4-2-3-12(9-13)18(15)11-7-5-10(14)6-8-11/h5-8,12-13H,2-4,9,14H2,1H3. The van der Waals surface area contributed by atoms with Gasteiger partial charge in [0.15, 0.2) is 0 Å². The molecule has 4 nitrogen and oxygen atoms in total. The first-order chi connectivity index (χ1) is 8.88. The average molecular weight is 301 g/mol. The molecule has 0 amide bonds. The van der Waals surface area contributed by atoms with Crippen LogP contribution in [0.1, 0.15) is 25.7 Å². The molecule has 1 aliphatic rings. The van der Waals surface area contributed by atoms with E-state index in [2.05, 4.69) is 0 Å². The Labute approximate surface area is 116 Å². The molecule has 1 fully saturated rings. The summed E-state index contributed by atoms with van der Waals surface area (Å²) < 4.78 is 35.7. The topological polar surface area (TPSA) is 77.2 Å². The third-order valence-electron chi connectivity index (χ3n) is 3.60. The lowest BCUT2D eigenvalue weighted by molar-refractivity contribution is 0.487. The van der Waals surface area contributed by atoms with Crippen molar-refractivity contribution in [2.75, 3.05) is 12.0 Å². The molecule has 0 radical (unpaired) electrons. The van der Waals surface area contributed by atoms with E-state index in [4.69, 9.17) is 5.73 Å². The molecule has 106 valence electrons. The van der Waals surface area contributed by atoms with Crippen molar-refractivity contribution in [3.63, 3.8) is 0 Å². The summed E-state index contributed by atoms with van der Waals surface area (Å²) in [6.45, 7) is 0. The molecule has 2 N–H and O–H groups in total. The fourth-order valence-electron chi connectivity index (χ4n) is 2.48. The number of anilines is 1. The van der Waals surface area contributed by atoms with Gasteiger partial charge in [0, 0.05) is 22.1 Å². The molecule has 1 aromatic rings. The smallest absolute Gasteiger partial charge is 0.150 e. The highest BCUT2D eigenvalue weighted by molar-refractivity contribution is 7.91. The van der Waals surface area contributed by atoms with Gasteiger partial charge in [0.2, 0.25) is 0 Å². The maximum atomic E-state index is 12.5. The lowest BCUT2D eigenvalue weighted by Gasteiger charge is -2.27. The number of hydrogen-bond donors (Lipinski definition) is 1. The van der Waals surface area contributed by atoms with Crippen LogP contribution in [0.2, 0.25) is 0 Å². The predicted octanol–water partition coefficient (Wildman–Crippen LogP) is 1.73. The van der Waals surface area contributed by atoms with Crippen LogP contribution in [0, 0.1) is 0 Å². The van der Waals surface area contributed by atoms with E-state index in [0.29, 0.717) is 18.5 Å². The van der Waals surface area contributed by atoms with Gasteiger partial charge < -0.3 is 5.73 Å². The summed E-state index contributed by atoms with van der Waals surface area (Å²) in [4.78, 5) is 0.730. The summed E-state index contributed by atoms with van der Waals surface area (Å²) in [6, 6.07) is 6.97. The zero-order valence-corrected chi connectivity index (χ0v) is 12.5. The van der Waals surface area contributed by atoms with Crippen molar-refractivity contribution in [1.82, 2.24) is 0 Å². The lowest BCUT2D eigenvalue weighted by Crippen LogP contribution is -2.32. The number of nitrogens with two attached hydrogens (primary N) is 1. The summed E-state index contributed by atoms with van der Waals surface area (Å²) >= 11 is 0. The molecule has 0 heterocycles. The van der Waals surface area contributed by atoms with Crippen molar-refractivity contribution in [1.29, 1.82) is 0 Å². The van der Waals surface area contributed by atoms with Gasteiger partial charge in [-0.15, -0.1) is 0 Å². The second-order valence-corrected chi connectivity index (χ2v) is 9.17. The van der Waals surface area contributed by atoms with Gasteiger partial charge in [0.1, 0.15) is 9.84 Å². The first kappa shape index (κ1) is 14.5. The normalized spacial score (nSPS) is 25.9. The Kier molecular flexibility index (Phi) is 4.30. The zero-order chi connectivity index (χ0) is 14.0. The van der Waals surface area contributed by atoms with Crippen molar-refractivity contribution in [2.24, 2.45) is 0 Å². The Morgan fingerprint density at radius 2 is 1.84 bits per heavy atom. The predicted molar refractivity (Wildman–Crippen MR) is 78.2 cm³/mol. The van der Waals surface area contributed by atoms with Gasteiger partial charge in [-0.25, -0.2) is 8.42 Å². The van der Waals surface area contributed by atoms with E-state index in [1.807, 2.05) is 0 Å². The van der Waals surface area contributed by atoms with Gasteiger partial charge in [0.25, 0.3) is 0 Å². The largest absolute Gasteiger partial charge is 0.399 e. The van der Waals surface area contributed by atoms with Gasteiger partial charge in [0.05, 0.1) is 16.0 Å². The Balaban J connectivity index is 2.13. The van der Waals surface area contributed by atoms with E-state index in [-0.39, 0.29) is 10.5 Å². The molecule has 0 bridgehead atoms. The SMILES string of the molecule is CS(=O)(=O)C1CCCC(S(=O)c2ccc(N)cc2)C1. The molecular weight excluding hydrogens is 282 g/mol. The second-order valence-electron chi connectivity index (χ2n) is 5.11. The van der Waals surface area contributed by atoms with Gasteiger partial charge in [-0.2, -0.15) is 0 Å². The molecule has 1 saturated carbocycles. The van der Waals surface area contributed by atoms with Gasteiger partial charge in [-0.1, -0.05) is 6.42 Å². The fourth-order valence-corrected chi connectivity index (χ4v) is 5.36. The van der Waals surface area contributed by atoms with Gasteiger partial charge >= 0.3 is 0 Å². The van der Waals surface area contributed by atoms with Crippen LogP contribution >= 0.6 is 0 Å². The number of benzene rings is 1. The Hall–Kier alpha value is -0.880. The first-order valence-electron chi connectivity index (χ1n) is 6.33. The molecule has 0 saturated heterocycles. The molecule has 1 aliphatic carbocycles. The third-order valence-corrected chi connectivity index (χ3v) is 7.01. The lowest BCUT2D eigenvalue weighted by atomic mass is 10.00. The molecule has 19 heavy (non-hydrogen) atoms. The molecule has 6 heteroatoms. The monoisotopic (exact) mass is 301 g/mol. The van der Waals surface area contributed by atoms with Crippen LogP contribution in [-0.4, -0.2) is 29.4 Å². The Morgan fingerprint density at radius 3 is 2.42 bits per heavy atom. The highest BCUT2D eigenvalue weighted by Gasteiger charge is 2.32. The van der Waals surface area contributed by atoms with E-state index in [0.717, 1.165) is 17.7 Å². The molecular formula is C13H19NO3S2. The van der Waals surface area contributed by atoms with Crippen LogP contribution in [0.4, 0.5) is 5.69 Å². The molecule has 1 aromatic carbocycles. The fraction of sp³-hybridized carbons (Fsp3) is 0.538. The maximum absolute atomic E-state index is 12.5. The van der Waals surface area contributed by atoms with E-state index in [9.17, 15) is 12.6 Å². The zero-order valence-electron chi connectivity index (χ0n) is 10.9. The minimum Gasteiger partial charge on any atom is -0.399 e. The Morgan fingerprint density at radius 1 is 1.21 bits per heavy atom. The minimum absolute atomic E-state index is 0.0721. The number of rotatable bonds is 3. The minimum atomic E-state index is -3.04. The third kappa shape index (κ3) is 3.57. The Bertz CT molecular complexity index is 566. The van der Waals surface area contributed by atoms with E-state index < -0.39 is 20.6 Å². The quantitative estimate of drug-likeness (QED) is 0.863. The first-order valence-corrected chi connectivity index (χ1v) is 9.49. The average Bonchev–Trinajstić information content (AvgIpc) is 2.38. The molecule has 3 unspecified atom stereocenters. The van der Waals surface area contributed by atoms with Crippen LogP contribution in [-0.2, 0) is 20.6 Å². The molecule has 0 aromatic heterocycles. The van der Waals surface area contributed by atoms with Crippen molar-refractivity contribution < 1.29 is 12.6 Å². The summed E-state index contributed by atoms with van der Waals surface area (Å²) in [6.07, 6.45) is 4.10. The second kappa shape index (κ2) is 5.63. The van der Waals surface area contributed by atoms with Crippen LogP contribution < -0.4 is 5.73 Å². The van der Waals surface area contributed by atoms with Crippen molar-refractivity contribution in [2.45, 2.75) is 41.1 Å². The van der Waals surface area contributed by atoms with Gasteiger partial charge in [-0.3, -0.25) is 4.21 Å².